The third-order valence-electron chi connectivity index (χ3n) is 5.82. The number of hydrogen-bond donors (Lipinski definition) is 4. The predicted octanol–water partition coefficient (Wildman–Crippen LogP) is 6.15. The van der Waals surface area contributed by atoms with Gasteiger partial charge in [0.1, 0.15) is 12.7 Å². The predicted molar refractivity (Wildman–Crippen MR) is 203 cm³/mol. The Labute approximate surface area is 293 Å². The van der Waals surface area contributed by atoms with Crippen molar-refractivity contribution in [2.24, 2.45) is 16.2 Å². The van der Waals surface area contributed by atoms with Crippen LogP contribution in [0, 0.1) is 16.2 Å². The van der Waals surface area contributed by atoms with Gasteiger partial charge in [-0.3, -0.25) is 9.59 Å². The van der Waals surface area contributed by atoms with Crippen molar-refractivity contribution in [3.63, 3.8) is 0 Å². The van der Waals surface area contributed by atoms with Crippen LogP contribution in [0.1, 0.15) is 127 Å². The lowest BCUT2D eigenvalue weighted by atomic mass is 9.85. The zero-order valence-electron chi connectivity index (χ0n) is 26.4. The van der Waals surface area contributed by atoms with E-state index in [0.717, 1.165) is 12.9 Å². The molecule has 2 unspecified atom stereocenters. The first-order chi connectivity index (χ1) is 18.0. The highest BCUT2D eigenvalue weighted by molar-refractivity contribution is 7.88. The minimum atomic E-state index is -3.11. The van der Waals surface area contributed by atoms with E-state index in [2.05, 4.69) is 10.0 Å². The molecule has 0 bridgehead atoms. The number of carbonyl (C=O) groups excluding carboxylic acids is 2. The van der Waals surface area contributed by atoms with Gasteiger partial charge >= 0.3 is 0 Å². The smallest absolute Gasteiger partial charge is 0.208 e. The molecule has 3 fully saturated rings. The van der Waals surface area contributed by atoms with Gasteiger partial charge in [-0.1, -0.05) is 100 Å². The number of aliphatic hydroxyl groups is 2. The van der Waals surface area contributed by atoms with Gasteiger partial charge < -0.3 is 29.7 Å². The number of aliphatic hydroxyl groups excluding tert-OH is 2. The van der Waals surface area contributed by atoms with E-state index in [-0.39, 0.29) is 105 Å². The third-order valence-corrected chi connectivity index (χ3v) is 6.51. The fourth-order valence-electron chi connectivity index (χ4n) is 3.49. The highest BCUT2D eigenvalue weighted by Crippen LogP contribution is 2.27. The Hall–Kier alpha value is -0.990. The van der Waals surface area contributed by atoms with Crippen LogP contribution in [-0.4, -0.2) is 107 Å². The van der Waals surface area contributed by atoms with Crippen LogP contribution in [0.4, 0.5) is 0 Å². The molecule has 0 aromatic heterocycles. The van der Waals surface area contributed by atoms with E-state index in [4.69, 9.17) is 24.4 Å². The Morgan fingerprint density at radius 2 is 1.30 bits per heavy atom. The number of sulfonamides is 1. The van der Waals surface area contributed by atoms with Gasteiger partial charge in [0.2, 0.25) is 10.0 Å². The first-order valence-electron chi connectivity index (χ1n) is 13.8. The van der Waals surface area contributed by atoms with Crippen LogP contribution in [0.15, 0.2) is 0 Å². The monoisotopic (exact) mass is 709 g/mol. The molecule has 0 aromatic rings. The molecular formula is C35H84N2O9S. The summed E-state index contributed by atoms with van der Waals surface area (Å²) in [4.78, 5) is 21.9. The molecular weight excluding hydrogens is 624 g/mol. The van der Waals surface area contributed by atoms with Crippen molar-refractivity contribution < 1.29 is 42.4 Å². The number of rotatable bonds is 4. The summed E-state index contributed by atoms with van der Waals surface area (Å²) in [5, 5.41) is 20.4. The molecule has 0 saturated carbocycles. The lowest BCUT2D eigenvalue weighted by Gasteiger charge is -2.35. The summed E-state index contributed by atoms with van der Waals surface area (Å²) in [5.41, 5.74) is 0.111. The second kappa shape index (κ2) is 27.8. The van der Waals surface area contributed by atoms with Crippen molar-refractivity contribution in [2.45, 2.75) is 145 Å². The fraction of sp³-hybridized carbons (Fsp3) is 0.943. The average Bonchev–Trinajstić information content (AvgIpc) is 2.77. The molecule has 0 amide bonds. The van der Waals surface area contributed by atoms with Crippen molar-refractivity contribution in [3.8, 4) is 0 Å². The summed E-state index contributed by atoms with van der Waals surface area (Å²) in [6.07, 6.45) is 1.69. The van der Waals surface area contributed by atoms with Gasteiger partial charge in [0, 0.05) is 38.1 Å². The van der Waals surface area contributed by atoms with Crippen LogP contribution < -0.4 is 10.0 Å². The third kappa shape index (κ3) is 34.7. The van der Waals surface area contributed by atoms with E-state index < -0.39 is 16.1 Å². The van der Waals surface area contributed by atoms with Crippen molar-refractivity contribution in [2.75, 3.05) is 59.0 Å². The lowest BCUT2D eigenvalue weighted by Crippen LogP contribution is -2.55. The molecule has 11 nitrogen and oxygen atoms in total. The Balaban J connectivity index is -0.0000000708. The molecule has 0 spiro atoms. The molecule has 12 heteroatoms. The number of Topliss-reactive ketones (excluding diaryl/α,β-unsaturated/α-hetero) is 2. The van der Waals surface area contributed by atoms with E-state index >= 15 is 0 Å². The molecule has 3 aliphatic rings. The molecule has 2 atom stereocenters. The minimum absolute atomic E-state index is 0. The maximum absolute atomic E-state index is 11.2. The second-order valence-corrected chi connectivity index (χ2v) is 16.0. The standard InChI is InChI=1S/C8H18N2O3S.C8H14O3.C7H12O2.C5H12O.7CH4/c1-8(2)6-13-7(4-9-8)5-10-14(3,11)12;1-8(2)3-6(10)7(4-9)11-5-8;1-7(2)3-6(8)4-9-5-7;1-5(2,3)4-6;;;;;;;/h7,9-10H,4-6H2,1-3H3;7,9H,3-5H2,1-2H3;3-5H2,1-2H3;6H,4H2,1-3H3;7*1H4. The Kier molecular flexibility index (Phi) is 38.1. The van der Waals surface area contributed by atoms with E-state index in [1.165, 1.54) is 0 Å². The number of nitrogens with one attached hydrogen (secondary N) is 2. The van der Waals surface area contributed by atoms with Crippen LogP contribution in [0.25, 0.3) is 0 Å². The summed E-state index contributed by atoms with van der Waals surface area (Å²) in [6.45, 7) is 21.4. The number of carbonyl (C=O) groups is 2. The van der Waals surface area contributed by atoms with Gasteiger partial charge in [-0.05, 0) is 30.1 Å². The molecule has 0 aliphatic carbocycles. The molecule has 0 aromatic carbocycles. The molecule has 294 valence electrons. The lowest BCUT2D eigenvalue weighted by molar-refractivity contribution is -0.147. The molecule has 3 rings (SSSR count). The van der Waals surface area contributed by atoms with Crippen molar-refractivity contribution in [1.29, 1.82) is 0 Å². The van der Waals surface area contributed by atoms with E-state index in [1.54, 1.807) is 0 Å². The zero-order valence-corrected chi connectivity index (χ0v) is 27.2. The maximum atomic E-state index is 11.2. The highest BCUT2D eigenvalue weighted by atomic mass is 32.2. The number of hydrogen-bond acceptors (Lipinski definition) is 10. The average molecular weight is 709 g/mol. The van der Waals surface area contributed by atoms with Gasteiger partial charge in [0.15, 0.2) is 11.6 Å². The zero-order chi connectivity index (χ0) is 31.4. The minimum Gasteiger partial charge on any atom is -0.396 e. The number of morpholine rings is 1. The van der Waals surface area contributed by atoms with E-state index in [0.29, 0.717) is 45.8 Å². The molecule has 3 aliphatic heterocycles. The van der Waals surface area contributed by atoms with Crippen LogP contribution >= 0.6 is 0 Å². The first-order valence-corrected chi connectivity index (χ1v) is 15.7. The van der Waals surface area contributed by atoms with Crippen LogP contribution in [0.3, 0.4) is 0 Å². The molecule has 0 radical (unpaired) electrons. The maximum Gasteiger partial charge on any atom is 0.208 e. The summed E-state index contributed by atoms with van der Waals surface area (Å²) < 4.78 is 39.8. The topological polar surface area (TPSA) is 160 Å². The fourth-order valence-corrected chi connectivity index (χ4v) is 3.98. The summed E-state index contributed by atoms with van der Waals surface area (Å²) in [6, 6.07) is 0. The van der Waals surface area contributed by atoms with Gasteiger partial charge in [0.25, 0.3) is 0 Å². The number of ether oxygens (including phenoxy) is 3. The highest BCUT2D eigenvalue weighted by Gasteiger charge is 2.33. The molecule has 3 saturated heterocycles. The quantitative estimate of drug-likeness (QED) is 0.267. The van der Waals surface area contributed by atoms with Crippen molar-refractivity contribution in [1.82, 2.24) is 10.0 Å². The molecule has 3 heterocycles. The Morgan fingerprint density at radius 1 is 0.830 bits per heavy atom. The largest absolute Gasteiger partial charge is 0.396 e. The SMILES string of the molecule is C.C.C.C.C.C.C.CC(C)(C)CO.CC1(C)COC(CNS(C)(=O)=O)CN1.CC1(C)COC(CO)C(=O)C1.CC1(C)COCC(=O)C1. The summed E-state index contributed by atoms with van der Waals surface area (Å²) in [7, 11) is -3.11. The van der Waals surface area contributed by atoms with Gasteiger partial charge in [-0.2, -0.15) is 0 Å². The van der Waals surface area contributed by atoms with E-state index in [1.807, 2.05) is 62.3 Å². The van der Waals surface area contributed by atoms with Crippen molar-refractivity contribution in [3.05, 3.63) is 0 Å². The van der Waals surface area contributed by atoms with Crippen LogP contribution in [-0.2, 0) is 33.8 Å². The Bertz CT molecular complexity index is 874. The number of ketones is 2. The van der Waals surface area contributed by atoms with Crippen molar-refractivity contribution >= 4 is 21.6 Å². The summed E-state index contributed by atoms with van der Waals surface area (Å²) >= 11 is 0. The van der Waals surface area contributed by atoms with Gasteiger partial charge in [-0.25, -0.2) is 13.1 Å². The molecule has 47 heavy (non-hydrogen) atoms. The molecule has 4 N–H and O–H groups in total. The normalized spacial score (nSPS) is 21.9. The van der Waals surface area contributed by atoms with Gasteiger partial charge in [0.05, 0.1) is 38.8 Å². The van der Waals surface area contributed by atoms with Crippen LogP contribution in [0.5, 0.6) is 0 Å². The first kappa shape index (κ1) is 64.5. The van der Waals surface area contributed by atoms with E-state index in [9.17, 15) is 18.0 Å². The Morgan fingerprint density at radius 3 is 1.60 bits per heavy atom. The summed E-state index contributed by atoms with van der Waals surface area (Å²) in [5.74, 6) is 0.245. The van der Waals surface area contributed by atoms with Crippen LogP contribution in [0.2, 0.25) is 0 Å². The second-order valence-electron chi connectivity index (χ2n) is 14.2. The van der Waals surface area contributed by atoms with Gasteiger partial charge in [-0.15, -0.1) is 0 Å².